The highest BCUT2D eigenvalue weighted by molar-refractivity contribution is 6.08. The van der Waals surface area contributed by atoms with Gasteiger partial charge in [0.05, 0.1) is 18.7 Å². The quantitative estimate of drug-likeness (QED) is 0.582. The predicted octanol–water partition coefficient (Wildman–Crippen LogP) is 3.56. The Morgan fingerprint density at radius 3 is 2.25 bits per heavy atom. The molecule has 1 saturated heterocycles. The first-order valence-corrected chi connectivity index (χ1v) is 11.1. The van der Waals surface area contributed by atoms with Crippen LogP contribution in [0.25, 0.3) is 0 Å². The van der Waals surface area contributed by atoms with Gasteiger partial charge in [0, 0.05) is 49.7 Å². The number of nitrogens with zero attached hydrogens (tertiary/aromatic N) is 3. The van der Waals surface area contributed by atoms with Gasteiger partial charge >= 0.3 is 0 Å². The summed E-state index contributed by atoms with van der Waals surface area (Å²) in [5.41, 5.74) is 3.47. The number of amides is 1. The number of ketones is 1. The molecule has 1 aromatic heterocycles. The van der Waals surface area contributed by atoms with E-state index in [9.17, 15) is 9.59 Å². The minimum Gasteiger partial charge on any atom is -0.497 e. The van der Waals surface area contributed by atoms with Crippen molar-refractivity contribution in [3.63, 3.8) is 0 Å². The van der Waals surface area contributed by atoms with E-state index in [2.05, 4.69) is 17.0 Å². The number of hydrogen-bond acceptors (Lipinski definition) is 4. The number of piperazine rings is 1. The number of carbonyl (C=O) groups excluding carboxylic acids is 2. The largest absolute Gasteiger partial charge is 0.497 e. The molecule has 0 spiro atoms. The van der Waals surface area contributed by atoms with Gasteiger partial charge in [-0.15, -0.1) is 0 Å². The van der Waals surface area contributed by atoms with E-state index in [0.717, 1.165) is 36.6 Å². The Balaban J connectivity index is 1.25. The number of methoxy groups -OCH3 is 1. The van der Waals surface area contributed by atoms with Crippen LogP contribution >= 0.6 is 0 Å². The molecule has 32 heavy (non-hydrogen) atoms. The number of anilines is 1. The summed E-state index contributed by atoms with van der Waals surface area (Å²) in [6.45, 7) is 3.74. The smallest absolute Gasteiger partial charge is 0.231 e. The van der Waals surface area contributed by atoms with E-state index in [4.69, 9.17) is 4.74 Å². The first-order valence-electron chi connectivity index (χ1n) is 11.1. The topological polar surface area (TPSA) is 54.8 Å². The molecule has 0 saturated carbocycles. The van der Waals surface area contributed by atoms with Gasteiger partial charge in [0.25, 0.3) is 0 Å². The van der Waals surface area contributed by atoms with Crippen molar-refractivity contribution >= 4 is 17.4 Å². The summed E-state index contributed by atoms with van der Waals surface area (Å²) in [6.07, 6.45) is 0.753. The van der Waals surface area contributed by atoms with Crippen LogP contribution in [0.2, 0.25) is 0 Å². The van der Waals surface area contributed by atoms with Crippen molar-refractivity contribution in [2.75, 3.05) is 38.2 Å². The summed E-state index contributed by atoms with van der Waals surface area (Å²) >= 11 is 0. The highest BCUT2D eigenvalue weighted by atomic mass is 16.5. The average Bonchev–Trinajstić information content (AvgIpc) is 3.46. The highest BCUT2D eigenvalue weighted by Crippen LogP contribution is 2.33. The van der Waals surface area contributed by atoms with E-state index in [1.807, 2.05) is 64.1 Å². The summed E-state index contributed by atoms with van der Waals surface area (Å²) in [5.74, 6) is 0.866. The lowest BCUT2D eigenvalue weighted by molar-refractivity contribution is -0.133. The van der Waals surface area contributed by atoms with E-state index < -0.39 is 0 Å². The Morgan fingerprint density at radius 1 is 0.844 bits per heavy atom. The van der Waals surface area contributed by atoms with Crippen LogP contribution in [0.5, 0.6) is 5.75 Å². The van der Waals surface area contributed by atoms with Gasteiger partial charge in [-0.25, -0.2) is 0 Å². The van der Waals surface area contributed by atoms with Crippen LogP contribution in [0.3, 0.4) is 0 Å². The monoisotopic (exact) mass is 429 g/mol. The molecule has 1 fully saturated rings. The molecular weight excluding hydrogens is 402 g/mol. The Morgan fingerprint density at radius 2 is 1.56 bits per heavy atom. The number of aromatic nitrogens is 1. The van der Waals surface area contributed by atoms with E-state index >= 15 is 0 Å². The van der Waals surface area contributed by atoms with E-state index in [1.165, 1.54) is 0 Å². The summed E-state index contributed by atoms with van der Waals surface area (Å²) in [4.78, 5) is 30.5. The molecule has 164 valence electrons. The number of rotatable bonds is 5. The van der Waals surface area contributed by atoms with Crippen LogP contribution in [-0.4, -0.2) is 54.4 Å². The Labute approximate surface area is 188 Å². The Hall–Kier alpha value is -3.54. The molecule has 3 heterocycles. The van der Waals surface area contributed by atoms with Crippen LogP contribution in [0.1, 0.15) is 34.1 Å². The molecule has 0 aliphatic carbocycles. The molecule has 3 aromatic rings. The first-order chi connectivity index (χ1) is 15.7. The maximum Gasteiger partial charge on any atom is 0.231 e. The van der Waals surface area contributed by atoms with Gasteiger partial charge in [0.2, 0.25) is 11.7 Å². The van der Waals surface area contributed by atoms with Crippen LogP contribution in [0.4, 0.5) is 5.69 Å². The third-order valence-corrected chi connectivity index (χ3v) is 6.61. The van der Waals surface area contributed by atoms with Crippen molar-refractivity contribution < 1.29 is 14.3 Å². The van der Waals surface area contributed by atoms with Gasteiger partial charge in [-0.05, 0) is 42.8 Å². The normalized spacial score (nSPS) is 17.8. The van der Waals surface area contributed by atoms with Crippen molar-refractivity contribution in [2.24, 2.45) is 0 Å². The molecule has 2 aliphatic heterocycles. The zero-order valence-electron chi connectivity index (χ0n) is 18.2. The standard InChI is InChI=1S/C26H27N3O3/c1-32-21-9-7-20(8-10-21)27-15-17-28(18-16-27)26(31)22-13-14-29-23(22)11-12-24(29)25(30)19-5-3-2-4-6-19/h2-12,22H,13-18H2,1H3/t22-/m0/s1. The fourth-order valence-corrected chi connectivity index (χ4v) is 4.83. The third-order valence-electron chi connectivity index (χ3n) is 6.61. The van der Waals surface area contributed by atoms with Crippen molar-refractivity contribution in [3.05, 3.63) is 83.7 Å². The fourth-order valence-electron chi connectivity index (χ4n) is 4.83. The second-order valence-corrected chi connectivity index (χ2v) is 8.34. The van der Waals surface area contributed by atoms with E-state index in [-0.39, 0.29) is 17.6 Å². The number of ether oxygens (including phenoxy) is 1. The second kappa shape index (κ2) is 8.54. The van der Waals surface area contributed by atoms with Crippen LogP contribution in [0, 0.1) is 0 Å². The summed E-state index contributed by atoms with van der Waals surface area (Å²) in [7, 11) is 1.67. The van der Waals surface area contributed by atoms with Gasteiger partial charge in [0.1, 0.15) is 5.75 Å². The Bertz CT molecular complexity index is 1110. The van der Waals surface area contributed by atoms with E-state index in [1.54, 1.807) is 7.11 Å². The number of benzene rings is 2. The molecule has 2 aromatic carbocycles. The molecular formula is C26H27N3O3. The second-order valence-electron chi connectivity index (χ2n) is 8.34. The molecule has 5 rings (SSSR count). The minimum atomic E-state index is -0.167. The maximum absolute atomic E-state index is 13.3. The SMILES string of the molecule is COc1ccc(N2CCN(C(=O)[C@H]3CCn4c(C(=O)c5ccccc5)ccc43)CC2)cc1. The van der Waals surface area contributed by atoms with Crippen molar-refractivity contribution in [1.29, 1.82) is 0 Å². The number of carbonyl (C=O) groups is 2. The summed E-state index contributed by atoms with van der Waals surface area (Å²) < 4.78 is 7.27. The van der Waals surface area contributed by atoms with Gasteiger partial charge < -0.3 is 19.1 Å². The van der Waals surface area contributed by atoms with Crippen molar-refractivity contribution in [2.45, 2.75) is 18.9 Å². The van der Waals surface area contributed by atoms with Crippen LogP contribution < -0.4 is 9.64 Å². The van der Waals surface area contributed by atoms with Gasteiger partial charge in [-0.3, -0.25) is 9.59 Å². The lowest BCUT2D eigenvalue weighted by atomic mass is 10.0. The minimum absolute atomic E-state index is 0.0121. The van der Waals surface area contributed by atoms with Crippen molar-refractivity contribution in [1.82, 2.24) is 9.47 Å². The highest BCUT2D eigenvalue weighted by Gasteiger charge is 2.35. The first kappa shape index (κ1) is 20.4. The van der Waals surface area contributed by atoms with Gasteiger partial charge in [0.15, 0.2) is 0 Å². The predicted molar refractivity (Wildman–Crippen MR) is 123 cm³/mol. The molecule has 0 unspecified atom stereocenters. The lowest BCUT2D eigenvalue weighted by Crippen LogP contribution is -2.50. The zero-order chi connectivity index (χ0) is 22.1. The lowest BCUT2D eigenvalue weighted by Gasteiger charge is -2.37. The summed E-state index contributed by atoms with van der Waals surface area (Å²) in [5, 5.41) is 0. The van der Waals surface area contributed by atoms with Gasteiger partial charge in [-0.2, -0.15) is 0 Å². The van der Waals surface area contributed by atoms with Crippen molar-refractivity contribution in [3.8, 4) is 5.75 Å². The molecule has 6 nitrogen and oxygen atoms in total. The van der Waals surface area contributed by atoms with Crippen LogP contribution in [0.15, 0.2) is 66.7 Å². The fraction of sp³-hybridized carbons (Fsp3) is 0.308. The molecule has 1 amide bonds. The molecule has 0 N–H and O–H groups in total. The maximum atomic E-state index is 13.3. The summed E-state index contributed by atoms with van der Waals surface area (Å²) in [6, 6.07) is 21.2. The molecule has 2 aliphatic rings. The zero-order valence-corrected chi connectivity index (χ0v) is 18.2. The third kappa shape index (κ3) is 3.66. The average molecular weight is 430 g/mol. The van der Waals surface area contributed by atoms with E-state index in [0.29, 0.717) is 30.9 Å². The van der Waals surface area contributed by atoms with Crippen LogP contribution in [-0.2, 0) is 11.3 Å². The Kier molecular flexibility index (Phi) is 5.43. The number of hydrogen-bond donors (Lipinski definition) is 0. The molecule has 6 heteroatoms. The molecule has 1 atom stereocenters. The molecule has 0 radical (unpaired) electrons. The molecule has 0 bridgehead atoms. The van der Waals surface area contributed by atoms with Gasteiger partial charge in [-0.1, -0.05) is 30.3 Å². The number of fused-ring (bicyclic) bond motifs is 1.